The molecule has 1 aromatic rings. The van der Waals surface area contributed by atoms with E-state index in [0.29, 0.717) is 35.8 Å². The summed E-state index contributed by atoms with van der Waals surface area (Å²) in [6.07, 6.45) is 0.903. The highest BCUT2D eigenvalue weighted by Crippen LogP contribution is 2.24. The minimum absolute atomic E-state index is 0.0561. The van der Waals surface area contributed by atoms with Crippen LogP contribution in [0.5, 0.6) is 0 Å². The van der Waals surface area contributed by atoms with Gasteiger partial charge in [0.15, 0.2) is 0 Å². The molecule has 0 saturated carbocycles. The third-order valence-electron chi connectivity index (χ3n) is 19.3. The molecule has 106 heavy (non-hydrogen) atoms. The van der Waals surface area contributed by atoms with Crippen molar-refractivity contribution in [1.29, 1.82) is 0 Å². The van der Waals surface area contributed by atoms with Gasteiger partial charge in [-0.1, -0.05) is 160 Å². The van der Waals surface area contributed by atoms with E-state index in [1.165, 1.54) is 31.7 Å². The molecule has 0 aromatic heterocycles. The number of aliphatic hydroxyl groups excluding tert-OH is 1. The van der Waals surface area contributed by atoms with E-state index in [1.807, 2.05) is 13.8 Å². The summed E-state index contributed by atoms with van der Waals surface area (Å²) in [5.41, 5.74) is 6.24. The van der Waals surface area contributed by atoms with Crippen LogP contribution in [0.2, 0.25) is 5.02 Å². The number of esters is 1. The van der Waals surface area contributed by atoms with Crippen LogP contribution in [-0.2, 0) is 78.3 Å². The van der Waals surface area contributed by atoms with Gasteiger partial charge in [-0.25, -0.2) is 4.79 Å². The Kier molecular flexibility index (Phi) is 38.3. The van der Waals surface area contributed by atoms with E-state index in [4.69, 9.17) is 22.1 Å². The Morgan fingerprint density at radius 3 is 1.69 bits per heavy atom. The zero-order valence-electron chi connectivity index (χ0n) is 65.5. The van der Waals surface area contributed by atoms with E-state index in [1.54, 1.807) is 121 Å². The number of halogens is 1. The Hall–Kier alpha value is -8.25. The number of hydrogen-bond acceptors (Lipinski definition) is 17. The predicted octanol–water partition coefficient (Wildman–Crippen LogP) is 2.49. The Balaban J connectivity index is 2.00. The number of likely N-dealkylation sites (tertiary alicyclic amines) is 1. The minimum Gasteiger partial charge on any atom is -0.458 e. The molecule has 16 atom stereocenters. The van der Waals surface area contributed by atoms with E-state index >= 15 is 9.59 Å². The molecule has 2 fully saturated rings. The van der Waals surface area contributed by atoms with Gasteiger partial charge in [-0.05, 0) is 124 Å². The van der Waals surface area contributed by atoms with Gasteiger partial charge in [0.2, 0.25) is 70.9 Å². The Labute approximate surface area is 630 Å². The van der Waals surface area contributed by atoms with E-state index in [-0.39, 0.29) is 63.2 Å². The molecular weight excluding hydrogens is 1390 g/mol. The number of rotatable bonds is 33. The van der Waals surface area contributed by atoms with E-state index in [2.05, 4.69) is 63.8 Å². The molecule has 2 saturated heterocycles. The summed E-state index contributed by atoms with van der Waals surface area (Å²) in [6.45, 7) is 31.7. The summed E-state index contributed by atoms with van der Waals surface area (Å²) < 4.78 is 5.96. The van der Waals surface area contributed by atoms with Gasteiger partial charge in [-0.15, -0.1) is 0 Å². The lowest BCUT2D eigenvalue weighted by Crippen LogP contribution is -2.64. The number of carbonyl (C=O) groups is 14. The second-order valence-electron chi connectivity index (χ2n) is 30.3. The highest BCUT2D eigenvalue weighted by Gasteiger charge is 2.44. The smallest absolute Gasteiger partial charge is 0.329 e. The second-order valence-corrected chi connectivity index (χ2v) is 30.8. The maximum Gasteiger partial charge on any atom is 0.329 e. The SMILES string of the molecule is C/C=C1\NC(=O)[C@H](Cc2ccc(Cl)cc2)NC(=O)[C@@H](C(C)C)NC(=O)[C@@H]([C@H](C)CC)NC(=O)[C@H](NC(=O)[C@H](NC(=O)[C@H](CCCN)NC(=O)[C@H]2CCCN2C(=O)[C@H](NC(=O)[C@@H](NC(=O)[C@@H](NC(=O)[C@H](NC(=O)CCCC(C)C)C(C)C)[C@@H](C)O)C(C)C)C(C)C)[C@H](C)CC)[C@H](C)OC(=O)[C@H](C(C)C)NC1=O. The molecule has 31 heteroatoms. The van der Waals surface area contributed by atoms with Gasteiger partial charge in [0.05, 0.1) is 6.10 Å². The summed E-state index contributed by atoms with van der Waals surface area (Å²) >= 11 is 6.17. The van der Waals surface area contributed by atoms with Crippen molar-refractivity contribution in [2.75, 3.05) is 13.1 Å². The first-order valence-electron chi connectivity index (χ1n) is 37.6. The van der Waals surface area contributed by atoms with Crippen LogP contribution in [0.4, 0.5) is 0 Å². The Bertz CT molecular complexity index is 3220. The van der Waals surface area contributed by atoms with Crippen LogP contribution in [-0.4, -0.2) is 191 Å². The van der Waals surface area contributed by atoms with Crippen molar-refractivity contribution < 1.29 is 77.0 Å². The first kappa shape index (κ1) is 92.0. The van der Waals surface area contributed by atoms with Crippen LogP contribution in [0.1, 0.15) is 195 Å². The number of nitrogens with zero attached hydrogens (tertiary/aromatic N) is 1. The number of ether oxygens (including phenoxy) is 1. The third-order valence-corrected chi connectivity index (χ3v) is 19.6. The van der Waals surface area contributed by atoms with Crippen LogP contribution >= 0.6 is 11.6 Å². The van der Waals surface area contributed by atoms with Crippen LogP contribution in [0, 0.1) is 47.3 Å². The molecule has 0 bridgehead atoms. The Morgan fingerprint density at radius 1 is 0.623 bits per heavy atom. The quantitative estimate of drug-likeness (QED) is 0.0355. The summed E-state index contributed by atoms with van der Waals surface area (Å²) in [5, 5.41) is 43.5. The van der Waals surface area contributed by atoms with E-state index < -0.39 is 203 Å². The van der Waals surface area contributed by atoms with Crippen molar-refractivity contribution >= 4 is 94.4 Å². The fourth-order valence-corrected chi connectivity index (χ4v) is 12.3. The number of benzene rings is 1. The second kappa shape index (κ2) is 44.1. The molecule has 2 aliphatic heterocycles. The highest BCUT2D eigenvalue weighted by molar-refractivity contribution is 6.30. The standard InChI is InChI=1S/C75H123ClN14O16/c1-20-43(16)59(71(101)89-62-46(19)106-75(105)58(42(14)15)85-63(93)49(22-3)78-65(95)51(36-47-30-32-48(76)33-31-47)80-67(97)55(39(8)9)82-70(100)60(44(17)21-2)87-73(62)103)86-64(94)50(27-24-34-77)79-66(96)52-28-25-35-90(52)74(104)57(41(12)13)84-69(99)56(40(10)11)83-72(102)61(45(18)91)88-68(98)54(38(6)7)81-53(92)29-23-26-37(4)5/h22,30-33,37-46,50-52,54-62,91H,20-21,23-29,34-36,77H2,1-19H3,(H,78,95)(H,79,96)(H,80,97)(H,81,92)(H,82,100)(H,83,102)(H,84,99)(H,85,93)(H,86,94)(H,87,103)(H,88,98)(H,89,101)/b49-22-/t43-,44-,45-,46+,50+,51+,52-,54-,55-,56+,57-,58+,59-,60-,61+,62-/m1/s1. The normalized spacial score (nSPS) is 22.5. The third kappa shape index (κ3) is 27.8. The van der Waals surface area contributed by atoms with Crippen molar-refractivity contribution in [3.8, 4) is 0 Å². The zero-order valence-corrected chi connectivity index (χ0v) is 66.3. The van der Waals surface area contributed by atoms with Gasteiger partial charge < -0.3 is 84.3 Å². The fraction of sp³-hybridized carbons (Fsp3) is 0.707. The van der Waals surface area contributed by atoms with Crippen LogP contribution in [0.15, 0.2) is 36.0 Å². The predicted molar refractivity (Wildman–Crippen MR) is 400 cm³/mol. The molecule has 30 nitrogen and oxygen atoms in total. The lowest BCUT2D eigenvalue weighted by Gasteiger charge is -2.33. The molecule has 0 spiro atoms. The number of hydrogen-bond donors (Lipinski definition) is 14. The molecule has 0 radical (unpaired) electrons. The topological polar surface area (TPSA) is 442 Å². The Morgan fingerprint density at radius 2 is 1.16 bits per heavy atom. The number of nitrogens with two attached hydrogens (primary N) is 1. The summed E-state index contributed by atoms with van der Waals surface area (Å²) in [7, 11) is 0. The number of amides is 13. The van der Waals surface area contributed by atoms with Gasteiger partial charge in [-0.2, -0.15) is 0 Å². The van der Waals surface area contributed by atoms with Gasteiger partial charge in [0.25, 0.3) is 5.91 Å². The molecule has 15 N–H and O–H groups in total. The molecule has 596 valence electrons. The molecular formula is C75H123ClN14O16. The van der Waals surface area contributed by atoms with Crippen molar-refractivity contribution in [2.45, 2.75) is 280 Å². The molecule has 3 rings (SSSR count). The average molecular weight is 1510 g/mol. The summed E-state index contributed by atoms with van der Waals surface area (Å²) in [6, 6.07) is -10.1. The maximum absolute atomic E-state index is 15.1. The van der Waals surface area contributed by atoms with Gasteiger partial charge >= 0.3 is 5.97 Å². The minimum atomic E-state index is -1.84. The van der Waals surface area contributed by atoms with Crippen molar-refractivity contribution in [3.05, 3.63) is 46.6 Å². The van der Waals surface area contributed by atoms with Crippen LogP contribution < -0.4 is 69.5 Å². The van der Waals surface area contributed by atoms with Crippen LogP contribution in [0.3, 0.4) is 0 Å². The largest absolute Gasteiger partial charge is 0.458 e. The maximum atomic E-state index is 15.1. The highest BCUT2D eigenvalue weighted by atomic mass is 35.5. The summed E-state index contributed by atoms with van der Waals surface area (Å²) in [5.74, 6) is -15.3. The summed E-state index contributed by atoms with van der Waals surface area (Å²) in [4.78, 5) is 202. The molecule has 13 amide bonds. The molecule has 0 aliphatic carbocycles. The lowest BCUT2D eigenvalue weighted by atomic mass is 9.95. The fourth-order valence-electron chi connectivity index (χ4n) is 12.1. The van der Waals surface area contributed by atoms with E-state index in [0.717, 1.165) is 6.42 Å². The zero-order chi connectivity index (χ0) is 80.3. The molecule has 1 aromatic carbocycles. The van der Waals surface area contributed by atoms with Crippen molar-refractivity contribution in [3.63, 3.8) is 0 Å². The van der Waals surface area contributed by atoms with Gasteiger partial charge in [-0.3, -0.25) is 62.3 Å². The van der Waals surface area contributed by atoms with Crippen molar-refractivity contribution in [2.24, 2.45) is 53.1 Å². The molecule has 2 aliphatic rings. The van der Waals surface area contributed by atoms with Gasteiger partial charge in [0, 0.05) is 24.4 Å². The molecule has 0 unspecified atom stereocenters. The number of nitrogens with one attached hydrogen (secondary N) is 12. The van der Waals surface area contributed by atoms with E-state index in [9.17, 15) is 62.6 Å². The molecule has 2 heterocycles. The van der Waals surface area contributed by atoms with Crippen LogP contribution in [0.25, 0.3) is 0 Å². The first-order chi connectivity index (χ1) is 49.6. The number of allylic oxidation sites excluding steroid dienone is 1. The first-order valence-corrected chi connectivity index (χ1v) is 38.0. The monoisotopic (exact) mass is 1510 g/mol. The average Bonchev–Trinajstić information content (AvgIpc) is 1.67. The van der Waals surface area contributed by atoms with Gasteiger partial charge in [0.1, 0.15) is 84.3 Å². The lowest BCUT2D eigenvalue weighted by molar-refractivity contribution is -0.157. The number of carbonyl (C=O) groups excluding carboxylic acids is 14. The van der Waals surface area contributed by atoms with Crippen molar-refractivity contribution in [1.82, 2.24) is 68.7 Å². The number of cyclic esters (lactones) is 1. The number of aliphatic hydroxyl groups is 1.